The molecule has 16 heavy (non-hydrogen) atoms. The summed E-state index contributed by atoms with van der Waals surface area (Å²) in [5, 5.41) is 3.52. The molecule has 0 radical (unpaired) electrons. The van der Waals surface area contributed by atoms with Crippen LogP contribution in [-0.2, 0) is 4.74 Å². The highest BCUT2D eigenvalue weighted by molar-refractivity contribution is 4.91. The minimum atomic E-state index is 0.420. The number of rotatable bonds is 8. The van der Waals surface area contributed by atoms with Crippen molar-refractivity contribution in [3.8, 4) is 0 Å². The van der Waals surface area contributed by atoms with Crippen LogP contribution in [-0.4, -0.2) is 25.8 Å². The van der Waals surface area contributed by atoms with E-state index < -0.39 is 0 Å². The van der Waals surface area contributed by atoms with Gasteiger partial charge < -0.3 is 10.1 Å². The fourth-order valence-corrected chi connectivity index (χ4v) is 2.75. The van der Waals surface area contributed by atoms with E-state index in [1.165, 1.54) is 38.5 Å². The van der Waals surface area contributed by atoms with Gasteiger partial charge in [0.15, 0.2) is 0 Å². The zero-order chi connectivity index (χ0) is 11.9. The van der Waals surface area contributed by atoms with E-state index >= 15 is 0 Å². The highest BCUT2D eigenvalue weighted by atomic mass is 16.5. The monoisotopic (exact) mass is 227 g/mol. The van der Waals surface area contributed by atoms with Gasteiger partial charge in [0.25, 0.3) is 0 Å². The predicted molar refractivity (Wildman–Crippen MR) is 69.8 cm³/mol. The van der Waals surface area contributed by atoms with Crippen molar-refractivity contribution in [1.82, 2.24) is 5.32 Å². The van der Waals surface area contributed by atoms with Crippen LogP contribution in [0.2, 0.25) is 0 Å². The first-order valence-electron chi connectivity index (χ1n) is 7.07. The van der Waals surface area contributed by atoms with E-state index in [1.807, 2.05) is 0 Å². The maximum absolute atomic E-state index is 5.78. The molecule has 1 aliphatic rings. The van der Waals surface area contributed by atoms with Crippen molar-refractivity contribution in [1.29, 1.82) is 0 Å². The average molecular weight is 227 g/mol. The maximum atomic E-state index is 5.78. The van der Waals surface area contributed by atoms with Crippen molar-refractivity contribution in [3.63, 3.8) is 0 Å². The first-order chi connectivity index (χ1) is 7.75. The molecule has 0 bridgehead atoms. The van der Waals surface area contributed by atoms with Crippen LogP contribution in [0.15, 0.2) is 0 Å². The molecule has 1 fully saturated rings. The average Bonchev–Trinajstić information content (AvgIpc) is 2.64. The second kappa shape index (κ2) is 7.29. The zero-order valence-corrected chi connectivity index (χ0v) is 11.3. The summed E-state index contributed by atoms with van der Waals surface area (Å²) in [5.74, 6) is 0. The van der Waals surface area contributed by atoms with E-state index in [9.17, 15) is 0 Å². The second-order valence-electron chi connectivity index (χ2n) is 5.22. The second-order valence-corrected chi connectivity index (χ2v) is 5.22. The van der Waals surface area contributed by atoms with Gasteiger partial charge in [0.2, 0.25) is 0 Å². The zero-order valence-electron chi connectivity index (χ0n) is 11.3. The predicted octanol–water partition coefficient (Wildman–Crippen LogP) is 3.36. The van der Waals surface area contributed by atoms with Crippen LogP contribution in [0, 0.1) is 5.41 Å². The van der Waals surface area contributed by atoms with Crippen LogP contribution in [0.25, 0.3) is 0 Å². The molecule has 0 aromatic carbocycles. The van der Waals surface area contributed by atoms with Gasteiger partial charge in [0, 0.05) is 18.6 Å². The normalized spacial score (nSPS) is 29.8. The summed E-state index contributed by atoms with van der Waals surface area (Å²) in [5.41, 5.74) is 0.420. The highest BCUT2D eigenvalue weighted by Gasteiger charge is 2.40. The number of hydrogen-bond acceptors (Lipinski definition) is 2. The lowest BCUT2D eigenvalue weighted by Gasteiger charge is -2.32. The Morgan fingerprint density at radius 1 is 1.25 bits per heavy atom. The van der Waals surface area contributed by atoms with E-state index in [1.54, 1.807) is 0 Å². The molecule has 1 rings (SSSR count). The summed E-state index contributed by atoms with van der Waals surface area (Å²) in [6, 6.07) is 0. The first kappa shape index (κ1) is 14.0. The van der Waals surface area contributed by atoms with Gasteiger partial charge in [-0.1, -0.05) is 39.5 Å². The van der Waals surface area contributed by atoms with Crippen molar-refractivity contribution < 1.29 is 4.74 Å². The molecule has 0 aliphatic carbocycles. The Morgan fingerprint density at radius 3 is 2.62 bits per heavy atom. The standard InChI is InChI=1S/C14H29NO/c1-4-6-7-8-9-14(12-15-5-2)10-11-16-13(14)3/h13,15H,4-12H2,1-3H3. The summed E-state index contributed by atoms with van der Waals surface area (Å²) in [7, 11) is 0. The van der Waals surface area contributed by atoms with E-state index in [0.717, 1.165) is 19.7 Å². The Balaban J connectivity index is 2.37. The van der Waals surface area contributed by atoms with Crippen LogP contribution in [0.1, 0.15) is 59.3 Å². The van der Waals surface area contributed by atoms with Gasteiger partial charge in [-0.05, 0) is 26.3 Å². The van der Waals surface area contributed by atoms with Crippen molar-refractivity contribution in [3.05, 3.63) is 0 Å². The minimum Gasteiger partial charge on any atom is -0.378 e. The molecule has 0 saturated carbocycles. The minimum absolute atomic E-state index is 0.420. The molecule has 2 nitrogen and oxygen atoms in total. The largest absolute Gasteiger partial charge is 0.378 e. The molecule has 2 unspecified atom stereocenters. The molecule has 2 heteroatoms. The smallest absolute Gasteiger partial charge is 0.0616 e. The van der Waals surface area contributed by atoms with E-state index in [4.69, 9.17) is 4.74 Å². The number of ether oxygens (including phenoxy) is 1. The van der Waals surface area contributed by atoms with Gasteiger partial charge in [-0.25, -0.2) is 0 Å². The van der Waals surface area contributed by atoms with Gasteiger partial charge in [-0.2, -0.15) is 0 Å². The van der Waals surface area contributed by atoms with Crippen LogP contribution in [0.5, 0.6) is 0 Å². The Hall–Kier alpha value is -0.0800. The lowest BCUT2D eigenvalue weighted by Crippen LogP contribution is -2.39. The Morgan fingerprint density at radius 2 is 2.06 bits per heavy atom. The van der Waals surface area contributed by atoms with Gasteiger partial charge >= 0.3 is 0 Å². The molecule has 1 aliphatic heterocycles. The maximum Gasteiger partial charge on any atom is 0.0616 e. The summed E-state index contributed by atoms with van der Waals surface area (Å²) >= 11 is 0. The molecule has 0 aromatic heterocycles. The first-order valence-corrected chi connectivity index (χ1v) is 7.07. The quantitative estimate of drug-likeness (QED) is 0.642. The third kappa shape index (κ3) is 3.74. The lowest BCUT2D eigenvalue weighted by molar-refractivity contribution is 0.0573. The topological polar surface area (TPSA) is 21.3 Å². The molecule has 96 valence electrons. The van der Waals surface area contributed by atoms with E-state index in [0.29, 0.717) is 11.5 Å². The fourth-order valence-electron chi connectivity index (χ4n) is 2.75. The molecule has 2 atom stereocenters. The molecular weight excluding hydrogens is 198 g/mol. The van der Waals surface area contributed by atoms with Gasteiger partial charge in [0.1, 0.15) is 0 Å². The highest BCUT2D eigenvalue weighted by Crippen LogP contribution is 2.39. The van der Waals surface area contributed by atoms with Gasteiger partial charge in [-0.3, -0.25) is 0 Å². The summed E-state index contributed by atoms with van der Waals surface area (Å²) in [4.78, 5) is 0. The summed E-state index contributed by atoms with van der Waals surface area (Å²) in [6.07, 6.45) is 8.48. The van der Waals surface area contributed by atoms with E-state index in [2.05, 4.69) is 26.1 Å². The van der Waals surface area contributed by atoms with Crippen LogP contribution >= 0.6 is 0 Å². The SMILES string of the molecule is CCCCCCC1(CNCC)CCOC1C. The molecule has 0 amide bonds. The summed E-state index contributed by atoms with van der Waals surface area (Å²) < 4.78 is 5.78. The fraction of sp³-hybridized carbons (Fsp3) is 1.00. The van der Waals surface area contributed by atoms with Crippen molar-refractivity contribution >= 4 is 0 Å². The number of nitrogens with one attached hydrogen (secondary N) is 1. The van der Waals surface area contributed by atoms with E-state index in [-0.39, 0.29) is 0 Å². The van der Waals surface area contributed by atoms with Crippen LogP contribution in [0.3, 0.4) is 0 Å². The van der Waals surface area contributed by atoms with Gasteiger partial charge in [-0.15, -0.1) is 0 Å². The Labute approximate surface area is 101 Å². The molecule has 1 N–H and O–H groups in total. The molecule has 1 saturated heterocycles. The number of unbranched alkanes of at least 4 members (excludes halogenated alkanes) is 3. The number of hydrogen-bond donors (Lipinski definition) is 1. The Kier molecular flexibility index (Phi) is 6.37. The lowest BCUT2D eigenvalue weighted by atomic mass is 9.77. The van der Waals surface area contributed by atoms with Crippen LogP contribution in [0.4, 0.5) is 0 Å². The van der Waals surface area contributed by atoms with Crippen LogP contribution < -0.4 is 5.32 Å². The third-order valence-corrected chi connectivity index (χ3v) is 4.09. The summed E-state index contributed by atoms with van der Waals surface area (Å²) in [6.45, 7) is 9.88. The molecule has 0 aromatic rings. The molecular formula is C14H29NO. The third-order valence-electron chi connectivity index (χ3n) is 4.09. The molecule has 1 heterocycles. The molecule has 0 spiro atoms. The van der Waals surface area contributed by atoms with Crippen molar-refractivity contribution in [2.75, 3.05) is 19.7 Å². The van der Waals surface area contributed by atoms with Crippen molar-refractivity contribution in [2.24, 2.45) is 5.41 Å². The Bertz CT molecular complexity index is 184. The van der Waals surface area contributed by atoms with Crippen molar-refractivity contribution in [2.45, 2.75) is 65.4 Å². The van der Waals surface area contributed by atoms with Gasteiger partial charge in [0.05, 0.1) is 6.10 Å².